The second-order valence-electron chi connectivity index (χ2n) is 6.16. The molecule has 0 radical (unpaired) electrons. The molecule has 9 nitrogen and oxygen atoms in total. The van der Waals surface area contributed by atoms with Gasteiger partial charge in [-0.3, -0.25) is 30.6 Å². The average molecular weight is 499 g/mol. The fourth-order valence-corrected chi connectivity index (χ4v) is 2.92. The first-order valence-electron chi connectivity index (χ1n) is 9.18. The van der Waals surface area contributed by atoms with Crippen LogP contribution in [0.25, 0.3) is 0 Å². The fourth-order valence-electron chi connectivity index (χ4n) is 2.29. The Morgan fingerprint density at radius 1 is 0.938 bits per heavy atom. The van der Waals surface area contributed by atoms with Crippen LogP contribution in [0.4, 0.5) is 5.69 Å². The third kappa shape index (κ3) is 8.58. The van der Waals surface area contributed by atoms with Gasteiger partial charge in [-0.2, -0.15) is 0 Å². The summed E-state index contributed by atoms with van der Waals surface area (Å²) in [6, 6.07) is 11.5. The summed E-state index contributed by atoms with van der Waals surface area (Å²) < 4.78 is 10.5. The number of para-hydroxylation sites is 2. The van der Waals surface area contributed by atoms with Crippen molar-refractivity contribution >= 4 is 63.9 Å². The Bertz CT molecular complexity index is 1010. The van der Waals surface area contributed by atoms with Crippen molar-refractivity contribution in [3.8, 4) is 11.5 Å². The molecule has 0 aliphatic heterocycles. The van der Waals surface area contributed by atoms with Crippen LogP contribution in [-0.4, -0.2) is 36.6 Å². The van der Waals surface area contributed by atoms with E-state index in [4.69, 9.17) is 44.9 Å². The summed E-state index contributed by atoms with van der Waals surface area (Å²) in [5.41, 5.74) is 5.05. The number of ether oxygens (including phenoxy) is 2. The Labute approximate surface area is 199 Å². The number of carbonyl (C=O) groups is 3. The van der Waals surface area contributed by atoms with E-state index in [-0.39, 0.29) is 29.6 Å². The highest BCUT2D eigenvalue weighted by atomic mass is 35.5. The van der Waals surface area contributed by atoms with Crippen LogP contribution >= 0.6 is 35.4 Å². The van der Waals surface area contributed by atoms with Gasteiger partial charge in [0.2, 0.25) is 11.8 Å². The summed E-state index contributed by atoms with van der Waals surface area (Å²) in [4.78, 5) is 35.8. The number of carbonyl (C=O) groups excluding carboxylic acids is 3. The minimum atomic E-state index is -0.540. The van der Waals surface area contributed by atoms with Gasteiger partial charge < -0.3 is 14.8 Å². The molecule has 170 valence electrons. The summed E-state index contributed by atoms with van der Waals surface area (Å²) in [5.74, 6) is -0.578. The van der Waals surface area contributed by atoms with Gasteiger partial charge in [0, 0.05) is 17.9 Å². The van der Waals surface area contributed by atoms with Crippen LogP contribution in [0.2, 0.25) is 10.0 Å². The van der Waals surface area contributed by atoms with Crippen LogP contribution in [0.15, 0.2) is 42.5 Å². The maximum absolute atomic E-state index is 12.0. The Hall–Kier alpha value is -3.08. The molecule has 0 fully saturated rings. The van der Waals surface area contributed by atoms with E-state index in [1.807, 2.05) is 0 Å². The number of benzene rings is 2. The molecule has 2 rings (SSSR count). The Morgan fingerprint density at radius 2 is 1.62 bits per heavy atom. The van der Waals surface area contributed by atoms with Gasteiger partial charge in [0.15, 0.2) is 23.2 Å². The van der Waals surface area contributed by atoms with Gasteiger partial charge in [-0.05, 0) is 42.5 Å². The molecule has 0 aliphatic rings. The largest absolute Gasteiger partial charge is 0.493 e. The van der Waals surface area contributed by atoms with Crippen LogP contribution in [-0.2, 0) is 14.4 Å². The van der Waals surface area contributed by atoms with Crippen molar-refractivity contribution in [2.45, 2.75) is 12.8 Å². The zero-order chi connectivity index (χ0) is 23.5. The van der Waals surface area contributed by atoms with E-state index in [1.54, 1.807) is 36.4 Å². The molecule has 0 aliphatic carbocycles. The Kier molecular flexibility index (Phi) is 9.99. The number of halogens is 2. The smallest absolute Gasteiger partial charge is 0.264 e. The van der Waals surface area contributed by atoms with E-state index in [0.717, 1.165) is 0 Å². The zero-order valence-corrected chi connectivity index (χ0v) is 19.2. The van der Waals surface area contributed by atoms with Gasteiger partial charge in [0.25, 0.3) is 5.91 Å². The van der Waals surface area contributed by atoms with Gasteiger partial charge in [0.05, 0.1) is 17.8 Å². The maximum atomic E-state index is 12.0. The third-order valence-electron chi connectivity index (χ3n) is 3.78. The summed E-state index contributed by atoms with van der Waals surface area (Å²) in [5, 5.41) is 5.52. The highest BCUT2D eigenvalue weighted by molar-refractivity contribution is 7.80. The Balaban J connectivity index is 1.66. The molecule has 2 aromatic carbocycles. The maximum Gasteiger partial charge on any atom is 0.264 e. The number of rotatable bonds is 8. The lowest BCUT2D eigenvalue weighted by Gasteiger charge is -2.12. The number of hydrogen-bond donors (Lipinski definition) is 4. The summed E-state index contributed by atoms with van der Waals surface area (Å²) >= 11 is 16.7. The number of methoxy groups -OCH3 is 1. The van der Waals surface area contributed by atoms with E-state index >= 15 is 0 Å². The number of hydrazine groups is 1. The quantitative estimate of drug-likeness (QED) is 0.326. The van der Waals surface area contributed by atoms with Crippen molar-refractivity contribution < 1.29 is 23.9 Å². The Morgan fingerprint density at radius 3 is 2.31 bits per heavy atom. The van der Waals surface area contributed by atoms with Crippen molar-refractivity contribution in [3.05, 3.63) is 52.5 Å². The van der Waals surface area contributed by atoms with E-state index in [2.05, 4.69) is 21.5 Å². The van der Waals surface area contributed by atoms with Gasteiger partial charge in [-0.1, -0.05) is 35.3 Å². The molecule has 32 heavy (non-hydrogen) atoms. The lowest BCUT2D eigenvalue weighted by atomic mass is 10.2. The van der Waals surface area contributed by atoms with Crippen molar-refractivity contribution in [2.75, 3.05) is 19.0 Å². The van der Waals surface area contributed by atoms with Gasteiger partial charge in [-0.25, -0.2) is 0 Å². The van der Waals surface area contributed by atoms with Crippen molar-refractivity contribution in [1.82, 2.24) is 16.2 Å². The molecule has 0 unspecified atom stereocenters. The van der Waals surface area contributed by atoms with E-state index < -0.39 is 17.7 Å². The number of hydrogen-bond acceptors (Lipinski definition) is 6. The summed E-state index contributed by atoms with van der Waals surface area (Å²) in [7, 11) is 1.49. The van der Waals surface area contributed by atoms with E-state index in [9.17, 15) is 14.4 Å². The van der Waals surface area contributed by atoms with E-state index in [0.29, 0.717) is 22.2 Å². The highest BCUT2D eigenvalue weighted by Gasteiger charge is 2.11. The molecule has 0 aromatic heterocycles. The first-order chi connectivity index (χ1) is 15.3. The molecular weight excluding hydrogens is 479 g/mol. The second-order valence-corrected chi connectivity index (χ2v) is 7.41. The predicted molar refractivity (Wildman–Crippen MR) is 125 cm³/mol. The van der Waals surface area contributed by atoms with Crippen LogP contribution in [0, 0.1) is 0 Å². The monoisotopic (exact) mass is 498 g/mol. The van der Waals surface area contributed by atoms with Gasteiger partial charge >= 0.3 is 0 Å². The average Bonchev–Trinajstić information content (AvgIpc) is 2.77. The molecule has 0 saturated carbocycles. The molecule has 0 saturated heterocycles. The fraction of sp³-hybridized carbons (Fsp3) is 0.200. The number of amides is 3. The molecular formula is C20H20Cl2N4O5S. The summed E-state index contributed by atoms with van der Waals surface area (Å²) in [6.45, 7) is -0.316. The molecule has 0 atom stereocenters. The lowest BCUT2D eigenvalue weighted by molar-refractivity contribution is -0.125. The summed E-state index contributed by atoms with van der Waals surface area (Å²) in [6.07, 6.45) is -0.226. The van der Waals surface area contributed by atoms with Gasteiger partial charge in [-0.15, -0.1) is 0 Å². The normalized spacial score (nSPS) is 9.97. The minimum Gasteiger partial charge on any atom is -0.493 e. The molecule has 2 aromatic rings. The van der Waals surface area contributed by atoms with Crippen molar-refractivity contribution in [3.63, 3.8) is 0 Å². The van der Waals surface area contributed by atoms with Crippen LogP contribution < -0.4 is 31.0 Å². The van der Waals surface area contributed by atoms with Crippen LogP contribution in [0.3, 0.4) is 0 Å². The lowest BCUT2D eigenvalue weighted by Crippen LogP contribution is -2.49. The SMILES string of the molecule is COc1ccccc1OCC(=O)NC(=S)NNC(=O)CCC(=O)Nc1ccc(Cl)cc1Cl. The molecule has 3 amide bonds. The molecule has 0 spiro atoms. The zero-order valence-electron chi connectivity index (χ0n) is 16.9. The second kappa shape index (κ2) is 12.7. The molecule has 12 heteroatoms. The predicted octanol–water partition coefficient (Wildman–Crippen LogP) is 2.82. The minimum absolute atomic E-state index is 0.0989. The number of nitrogens with one attached hydrogen (secondary N) is 4. The first-order valence-corrected chi connectivity index (χ1v) is 10.3. The van der Waals surface area contributed by atoms with Crippen molar-refractivity contribution in [2.24, 2.45) is 0 Å². The topological polar surface area (TPSA) is 118 Å². The van der Waals surface area contributed by atoms with Crippen LogP contribution in [0.5, 0.6) is 11.5 Å². The number of thiocarbonyl (C=S) groups is 1. The molecule has 0 bridgehead atoms. The van der Waals surface area contributed by atoms with E-state index in [1.165, 1.54) is 13.2 Å². The molecule has 4 N–H and O–H groups in total. The van der Waals surface area contributed by atoms with Gasteiger partial charge in [0.1, 0.15) is 0 Å². The third-order valence-corrected chi connectivity index (χ3v) is 4.53. The first kappa shape index (κ1) is 25.2. The van der Waals surface area contributed by atoms with Crippen LogP contribution in [0.1, 0.15) is 12.8 Å². The van der Waals surface area contributed by atoms with Crippen molar-refractivity contribution in [1.29, 1.82) is 0 Å². The standard InChI is InChI=1S/C20H20Cl2N4O5S/c1-30-15-4-2-3-5-16(15)31-11-19(29)24-20(32)26-25-18(28)9-8-17(27)23-14-7-6-12(21)10-13(14)22/h2-7,10H,8-9,11H2,1H3,(H,23,27)(H,25,28)(H2,24,26,29,32). The highest BCUT2D eigenvalue weighted by Crippen LogP contribution is 2.26. The molecule has 0 heterocycles. The number of anilines is 1.